The summed E-state index contributed by atoms with van der Waals surface area (Å²) in [6.07, 6.45) is 0.960. The van der Waals surface area contributed by atoms with Crippen LogP contribution in [0.15, 0.2) is 53.3 Å². The third kappa shape index (κ3) is 4.32. The molecule has 0 aliphatic carbocycles. The third-order valence-corrected chi connectivity index (χ3v) is 5.27. The molecular weight excluding hydrogens is 366 g/mol. The summed E-state index contributed by atoms with van der Waals surface area (Å²) >= 11 is 0. The van der Waals surface area contributed by atoms with Crippen LogP contribution in [0.5, 0.6) is 0 Å². The molecule has 1 aromatic heterocycles. The molecule has 0 spiro atoms. The highest BCUT2D eigenvalue weighted by Crippen LogP contribution is 2.19. The first kappa shape index (κ1) is 19.6. The van der Waals surface area contributed by atoms with E-state index in [2.05, 4.69) is 10.2 Å². The largest absolute Gasteiger partial charge is 0.379 e. The van der Waals surface area contributed by atoms with E-state index >= 15 is 0 Å². The van der Waals surface area contributed by atoms with Crippen molar-refractivity contribution in [2.75, 3.05) is 44.7 Å². The molecule has 0 atom stereocenters. The number of benzene rings is 2. The average Bonchev–Trinajstić information content (AvgIpc) is 2.78. The zero-order chi connectivity index (χ0) is 20.1. The number of fused-ring (bicyclic) bond motifs is 1. The van der Waals surface area contributed by atoms with Crippen molar-refractivity contribution in [2.45, 2.75) is 13.0 Å². The molecule has 0 bridgehead atoms. The molecule has 1 aliphatic heterocycles. The summed E-state index contributed by atoms with van der Waals surface area (Å²) in [5, 5.41) is 3.98. The minimum absolute atomic E-state index is 0.0906. The second kappa shape index (κ2) is 9.17. The summed E-state index contributed by atoms with van der Waals surface area (Å²) in [4.78, 5) is 20.5. The quantitative estimate of drug-likeness (QED) is 0.597. The van der Waals surface area contributed by atoms with E-state index in [0.717, 1.165) is 57.1 Å². The van der Waals surface area contributed by atoms with Gasteiger partial charge in [0, 0.05) is 26.2 Å². The molecule has 4 rings (SSSR count). The number of nitrogens with zero attached hydrogens (tertiary/aromatic N) is 3. The van der Waals surface area contributed by atoms with E-state index in [1.165, 1.54) is 0 Å². The van der Waals surface area contributed by atoms with Crippen molar-refractivity contribution in [2.24, 2.45) is 5.73 Å². The van der Waals surface area contributed by atoms with Crippen LogP contribution in [0.25, 0.3) is 16.6 Å². The van der Waals surface area contributed by atoms with Gasteiger partial charge in [0.25, 0.3) is 5.56 Å². The first-order valence-corrected chi connectivity index (χ1v) is 10.1. The Morgan fingerprint density at radius 3 is 2.66 bits per heavy atom. The van der Waals surface area contributed by atoms with Crippen molar-refractivity contribution in [3.05, 3.63) is 64.4 Å². The minimum Gasteiger partial charge on any atom is -0.379 e. The zero-order valence-electron chi connectivity index (χ0n) is 16.5. The fraction of sp³-hybridized carbons (Fsp3) is 0.364. The van der Waals surface area contributed by atoms with E-state index in [9.17, 15) is 4.79 Å². The Balaban J connectivity index is 1.63. The Labute approximate surface area is 170 Å². The maximum atomic E-state index is 13.3. The fourth-order valence-corrected chi connectivity index (χ4v) is 3.70. The molecule has 7 nitrogen and oxygen atoms in total. The van der Waals surface area contributed by atoms with Gasteiger partial charge in [-0.2, -0.15) is 0 Å². The van der Waals surface area contributed by atoms with Crippen molar-refractivity contribution in [1.29, 1.82) is 0 Å². The molecule has 0 unspecified atom stereocenters. The Bertz CT molecular complexity index is 1030. The molecule has 3 N–H and O–H groups in total. The number of hydrogen-bond donors (Lipinski definition) is 2. The molecule has 1 fully saturated rings. The van der Waals surface area contributed by atoms with Crippen molar-refractivity contribution in [3.63, 3.8) is 0 Å². The Morgan fingerprint density at radius 2 is 1.83 bits per heavy atom. The number of hydrogen-bond acceptors (Lipinski definition) is 6. The number of anilines is 1. The van der Waals surface area contributed by atoms with Gasteiger partial charge in [-0.05, 0) is 36.7 Å². The highest BCUT2D eigenvalue weighted by Gasteiger charge is 2.15. The second-order valence-electron chi connectivity index (χ2n) is 7.16. The molecule has 0 saturated carbocycles. The Hall–Kier alpha value is -2.74. The lowest BCUT2D eigenvalue weighted by Crippen LogP contribution is -2.37. The maximum Gasteiger partial charge on any atom is 0.267 e. The second-order valence-corrected chi connectivity index (χ2v) is 7.16. The van der Waals surface area contributed by atoms with E-state index in [1.54, 1.807) is 4.57 Å². The molecule has 152 valence electrons. The predicted octanol–water partition coefficient (Wildman–Crippen LogP) is 1.98. The van der Waals surface area contributed by atoms with E-state index in [-0.39, 0.29) is 5.56 Å². The molecule has 2 aromatic carbocycles. The molecule has 2 heterocycles. The fourth-order valence-electron chi connectivity index (χ4n) is 3.70. The van der Waals surface area contributed by atoms with Crippen LogP contribution >= 0.6 is 0 Å². The van der Waals surface area contributed by atoms with Crippen molar-refractivity contribution in [3.8, 4) is 5.69 Å². The number of aromatic nitrogens is 2. The van der Waals surface area contributed by atoms with Crippen molar-refractivity contribution < 1.29 is 4.74 Å². The summed E-state index contributed by atoms with van der Waals surface area (Å²) in [7, 11) is 0. The molecule has 0 amide bonds. The van der Waals surface area contributed by atoms with E-state index in [1.807, 2.05) is 48.5 Å². The number of morpholine rings is 1. The monoisotopic (exact) mass is 393 g/mol. The van der Waals surface area contributed by atoms with Gasteiger partial charge in [-0.3, -0.25) is 9.69 Å². The van der Waals surface area contributed by atoms with E-state index in [0.29, 0.717) is 23.4 Å². The standard InChI is InChI=1S/C22H27N5O2/c23-16-17-6-1-4-9-20(17)27-21(28)18-7-2-3-8-19(18)25-22(27)24-10-5-11-26-12-14-29-15-13-26/h1-4,6-9H,5,10-16,23H2,(H,24,25). The molecule has 7 heteroatoms. The van der Waals surface area contributed by atoms with E-state index in [4.69, 9.17) is 15.5 Å². The van der Waals surface area contributed by atoms with Gasteiger partial charge in [-0.25, -0.2) is 9.55 Å². The number of para-hydroxylation sites is 2. The highest BCUT2D eigenvalue weighted by molar-refractivity contribution is 5.79. The highest BCUT2D eigenvalue weighted by atomic mass is 16.5. The van der Waals surface area contributed by atoms with Crippen LogP contribution in [-0.4, -0.2) is 53.8 Å². The van der Waals surface area contributed by atoms with Crippen LogP contribution in [0.1, 0.15) is 12.0 Å². The van der Waals surface area contributed by atoms with Gasteiger partial charge in [0.2, 0.25) is 5.95 Å². The third-order valence-electron chi connectivity index (χ3n) is 5.27. The average molecular weight is 393 g/mol. The summed E-state index contributed by atoms with van der Waals surface area (Å²) in [6.45, 7) is 5.63. The van der Waals surface area contributed by atoms with Crippen LogP contribution in [0.3, 0.4) is 0 Å². The van der Waals surface area contributed by atoms with Gasteiger partial charge in [-0.15, -0.1) is 0 Å². The van der Waals surface area contributed by atoms with Crippen LogP contribution in [0.2, 0.25) is 0 Å². The van der Waals surface area contributed by atoms with Gasteiger partial charge in [0.05, 0.1) is 29.8 Å². The van der Waals surface area contributed by atoms with Crippen LogP contribution in [-0.2, 0) is 11.3 Å². The van der Waals surface area contributed by atoms with E-state index < -0.39 is 0 Å². The van der Waals surface area contributed by atoms with Crippen LogP contribution in [0, 0.1) is 0 Å². The lowest BCUT2D eigenvalue weighted by molar-refractivity contribution is 0.0378. The lowest BCUT2D eigenvalue weighted by atomic mass is 10.1. The van der Waals surface area contributed by atoms with Gasteiger partial charge in [0.15, 0.2) is 0 Å². The topological polar surface area (TPSA) is 85.4 Å². The summed E-state index contributed by atoms with van der Waals surface area (Å²) in [5.41, 5.74) is 8.21. The predicted molar refractivity (Wildman–Crippen MR) is 116 cm³/mol. The van der Waals surface area contributed by atoms with Gasteiger partial charge >= 0.3 is 0 Å². The smallest absolute Gasteiger partial charge is 0.267 e. The minimum atomic E-state index is -0.0906. The number of ether oxygens (including phenoxy) is 1. The van der Waals surface area contributed by atoms with Crippen molar-refractivity contribution >= 4 is 16.9 Å². The van der Waals surface area contributed by atoms with Crippen LogP contribution < -0.4 is 16.6 Å². The Kier molecular flexibility index (Phi) is 6.19. The molecule has 1 aliphatic rings. The molecule has 0 radical (unpaired) electrons. The summed E-state index contributed by atoms with van der Waals surface area (Å²) < 4.78 is 7.05. The summed E-state index contributed by atoms with van der Waals surface area (Å²) in [5.74, 6) is 0.552. The normalized spacial score (nSPS) is 14.9. The SMILES string of the molecule is NCc1ccccc1-n1c(NCCCN2CCOCC2)nc2ccccc2c1=O. The number of nitrogens with two attached hydrogens (primary N) is 1. The number of rotatable bonds is 7. The van der Waals surface area contributed by atoms with Crippen molar-refractivity contribution in [1.82, 2.24) is 14.5 Å². The lowest BCUT2D eigenvalue weighted by Gasteiger charge is -2.26. The molecule has 3 aromatic rings. The molecule has 29 heavy (non-hydrogen) atoms. The zero-order valence-corrected chi connectivity index (χ0v) is 16.5. The van der Waals surface area contributed by atoms with Gasteiger partial charge < -0.3 is 15.8 Å². The Morgan fingerprint density at radius 1 is 1.07 bits per heavy atom. The van der Waals surface area contributed by atoms with Gasteiger partial charge in [0.1, 0.15) is 0 Å². The number of nitrogens with one attached hydrogen (secondary N) is 1. The first-order valence-electron chi connectivity index (χ1n) is 10.1. The summed E-state index contributed by atoms with van der Waals surface area (Å²) in [6, 6.07) is 15.1. The van der Waals surface area contributed by atoms with Crippen LogP contribution in [0.4, 0.5) is 5.95 Å². The maximum absolute atomic E-state index is 13.3. The first-order chi connectivity index (χ1) is 14.3. The molecular formula is C22H27N5O2. The molecule has 1 saturated heterocycles. The van der Waals surface area contributed by atoms with Gasteiger partial charge in [-0.1, -0.05) is 30.3 Å².